The van der Waals surface area contributed by atoms with Gasteiger partial charge in [0.25, 0.3) is 10.2 Å². The molecule has 0 aliphatic heterocycles. The summed E-state index contributed by atoms with van der Waals surface area (Å²) in [6.45, 7) is 0.428. The summed E-state index contributed by atoms with van der Waals surface area (Å²) in [4.78, 5) is 4.14. The Morgan fingerprint density at radius 1 is 1.25 bits per heavy atom. The van der Waals surface area contributed by atoms with Gasteiger partial charge < -0.3 is 0 Å². The quantitative estimate of drug-likeness (QED) is 0.750. The van der Waals surface area contributed by atoms with Crippen molar-refractivity contribution in [2.75, 3.05) is 27.7 Å². The van der Waals surface area contributed by atoms with Gasteiger partial charge in [-0.05, 0) is 12.1 Å². The molecular formula is C10H17N3O2S. The Hall–Kier alpha value is -0.980. The highest BCUT2D eigenvalue weighted by atomic mass is 32.2. The average Bonchev–Trinajstić information content (AvgIpc) is 2.27. The van der Waals surface area contributed by atoms with Gasteiger partial charge in [0.2, 0.25) is 0 Å². The van der Waals surface area contributed by atoms with Crippen LogP contribution in [0, 0.1) is 0 Å². The third-order valence-electron chi connectivity index (χ3n) is 2.26. The van der Waals surface area contributed by atoms with Crippen molar-refractivity contribution in [1.29, 1.82) is 0 Å². The van der Waals surface area contributed by atoms with Crippen LogP contribution in [0.15, 0.2) is 24.4 Å². The number of aromatic nitrogens is 1. The second kappa shape index (κ2) is 5.38. The molecule has 0 fully saturated rings. The molecular weight excluding hydrogens is 226 g/mol. The number of pyridine rings is 1. The summed E-state index contributed by atoms with van der Waals surface area (Å²) in [5.74, 6) is 0. The van der Waals surface area contributed by atoms with Crippen molar-refractivity contribution in [2.45, 2.75) is 6.42 Å². The normalized spacial score (nSPS) is 12.3. The van der Waals surface area contributed by atoms with E-state index < -0.39 is 10.2 Å². The number of hydrogen-bond acceptors (Lipinski definition) is 3. The lowest BCUT2D eigenvalue weighted by Crippen LogP contribution is -2.38. The first-order valence-electron chi connectivity index (χ1n) is 4.98. The predicted octanol–water partition coefficient (Wildman–Crippen LogP) is 0.362. The monoisotopic (exact) mass is 243 g/mol. The van der Waals surface area contributed by atoms with Crippen molar-refractivity contribution in [3.05, 3.63) is 30.1 Å². The molecule has 5 nitrogen and oxygen atoms in total. The molecule has 0 atom stereocenters. The van der Waals surface area contributed by atoms with E-state index >= 15 is 0 Å². The van der Waals surface area contributed by atoms with Gasteiger partial charge in [0, 0.05) is 46.0 Å². The summed E-state index contributed by atoms with van der Waals surface area (Å²) in [5.41, 5.74) is 0.892. The minimum atomic E-state index is -3.31. The molecule has 0 saturated carbocycles. The van der Waals surface area contributed by atoms with Crippen LogP contribution < -0.4 is 0 Å². The molecule has 1 rings (SSSR count). The lowest BCUT2D eigenvalue weighted by atomic mass is 10.3. The van der Waals surface area contributed by atoms with Crippen molar-refractivity contribution in [1.82, 2.24) is 13.6 Å². The van der Waals surface area contributed by atoms with E-state index in [0.717, 1.165) is 5.69 Å². The fourth-order valence-electron chi connectivity index (χ4n) is 1.21. The Morgan fingerprint density at radius 2 is 1.94 bits per heavy atom. The lowest BCUT2D eigenvalue weighted by molar-refractivity contribution is 0.418. The van der Waals surface area contributed by atoms with E-state index in [0.29, 0.717) is 13.0 Å². The van der Waals surface area contributed by atoms with Crippen molar-refractivity contribution in [2.24, 2.45) is 0 Å². The minimum absolute atomic E-state index is 0.428. The zero-order valence-corrected chi connectivity index (χ0v) is 10.6. The van der Waals surface area contributed by atoms with Crippen molar-refractivity contribution in [3.8, 4) is 0 Å². The van der Waals surface area contributed by atoms with Gasteiger partial charge in [-0.2, -0.15) is 17.0 Å². The van der Waals surface area contributed by atoms with Crippen molar-refractivity contribution >= 4 is 10.2 Å². The number of rotatable bonds is 5. The zero-order valence-electron chi connectivity index (χ0n) is 9.79. The topological polar surface area (TPSA) is 53.5 Å². The minimum Gasteiger partial charge on any atom is -0.261 e. The van der Waals surface area contributed by atoms with E-state index in [1.54, 1.807) is 13.2 Å². The maximum atomic E-state index is 11.7. The molecule has 1 aromatic heterocycles. The Labute approximate surface area is 96.9 Å². The van der Waals surface area contributed by atoms with Gasteiger partial charge in [-0.15, -0.1) is 0 Å². The summed E-state index contributed by atoms with van der Waals surface area (Å²) in [6.07, 6.45) is 2.32. The van der Waals surface area contributed by atoms with Crippen LogP contribution in [0.2, 0.25) is 0 Å². The van der Waals surface area contributed by atoms with Crippen LogP contribution in [0.5, 0.6) is 0 Å². The van der Waals surface area contributed by atoms with Crippen LogP contribution in [0.1, 0.15) is 5.69 Å². The predicted molar refractivity (Wildman–Crippen MR) is 63.2 cm³/mol. The molecule has 0 aliphatic rings. The average molecular weight is 243 g/mol. The Balaban J connectivity index is 2.57. The van der Waals surface area contributed by atoms with Crippen LogP contribution in [-0.4, -0.2) is 49.7 Å². The van der Waals surface area contributed by atoms with E-state index in [9.17, 15) is 8.42 Å². The summed E-state index contributed by atoms with van der Waals surface area (Å²) < 4.78 is 25.9. The highest BCUT2D eigenvalue weighted by Gasteiger charge is 2.19. The standard InChI is InChI=1S/C10H17N3O2S/c1-12(2)16(14,15)13(3)9-7-10-6-4-5-8-11-10/h4-6,8H,7,9H2,1-3H3. The first kappa shape index (κ1) is 13.1. The van der Waals surface area contributed by atoms with Gasteiger partial charge >= 0.3 is 0 Å². The molecule has 0 radical (unpaired) electrons. The molecule has 1 aromatic rings. The number of hydrogen-bond donors (Lipinski definition) is 0. The van der Waals surface area contributed by atoms with Gasteiger partial charge in [0.1, 0.15) is 0 Å². The summed E-state index contributed by atoms with van der Waals surface area (Å²) in [7, 11) is 1.30. The van der Waals surface area contributed by atoms with Crippen LogP contribution in [0.3, 0.4) is 0 Å². The SMILES string of the molecule is CN(C)S(=O)(=O)N(C)CCc1ccccn1. The fourth-order valence-corrected chi connectivity index (χ4v) is 2.09. The third kappa shape index (κ3) is 3.26. The Bertz CT molecular complexity index is 417. The third-order valence-corrected chi connectivity index (χ3v) is 4.16. The molecule has 16 heavy (non-hydrogen) atoms. The van der Waals surface area contributed by atoms with E-state index in [2.05, 4.69) is 4.98 Å². The molecule has 0 amide bonds. The molecule has 0 bridgehead atoms. The zero-order chi connectivity index (χ0) is 12.2. The molecule has 6 heteroatoms. The fraction of sp³-hybridized carbons (Fsp3) is 0.500. The summed E-state index contributed by atoms with van der Waals surface area (Å²) in [5, 5.41) is 0. The maximum absolute atomic E-state index is 11.7. The first-order chi connectivity index (χ1) is 7.44. The van der Waals surface area contributed by atoms with Gasteiger partial charge in [-0.25, -0.2) is 0 Å². The highest BCUT2D eigenvalue weighted by molar-refractivity contribution is 7.86. The summed E-state index contributed by atoms with van der Waals surface area (Å²) >= 11 is 0. The van der Waals surface area contributed by atoms with Crippen LogP contribution in [-0.2, 0) is 16.6 Å². The van der Waals surface area contributed by atoms with Crippen molar-refractivity contribution < 1.29 is 8.42 Å². The van der Waals surface area contributed by atoms with Gasteiger partial charge in [-0.3, -0.25) is 4.98 Å². The van der Waals surface area contributed by atoms with Crippen LogP contribution >= 0.6 is 0 Å². The second-order valence-corrected chi connectivity index (χ2v) is 5.93. The summed E-state index contributed by atoms with van der Waals surface area (Å²) in [6, 6.07) is 5.61. The van der Waals surface area contributed by atoms with E-state index in [1.165, 1.54) is 22.7 Å². The molecule has 0 unspecified atom stereocenters. The first-order valence-corrected chi connectivity index (χ1v) is 6.38. The van der Waals surface area contributed by atoms with E-state index in [4.69, 9.17) is 0 Å². The van der Waals surface area contributed by atoms with Crippen molar-refractivity contribution in [3.63, 3.8) is 0 Å². The lowest BCUT2D eigenvalue weighted by Gasteiger charge is -2.20. The highest BCUT2D eigenvalue weighted by Crippen LogP contribution is 2.03. The molecule has 0 aromatic carbocycles. The largest absolute Gasteiger partial charge is 0.281 e. The van der Waals surface area contributed by atoms with Gasteiger partial charge in [-0.1, -0.05) is 6.07 Å². The number of likely N-dealkylation sites (N-methyl/N-ethyl adjacent to an activating group) is 1. The number of nitrogens with zero attached hydrogens (tertiary/aromatic N) is 3. The second-order valence-electron chi connectivity index (χ2n) is 3.68. The molecule has 0 N–H and O–H groups in total. The Morgan fingerprint density at radius 3 is 2.44 bits per heavy atom. The van der Waals surface area contributed by atoms with Gasteiger partial charge in [0.15, 0.2) is 0 Å². The molecule has 0 aliphatic carbocycles. The van der Waals surface area contributed by atoms with E-state index in [1.807, 2.05) is 18.2 Å². The molecule has 90 valence electrons. The van der Waals surface area contributed by atoms with E-state index in [-0.39, 0.29) is 0 Å². The van der Waals surface area contributed by atoms with Crippen LogP contribution in [0.4, 0.5) is 0 Å². The molecule has 0 saturated heterocycles. The van der Waals surface area contributed by atoms with Crippen LogP contribution in [0.25, 0.3) is 0 Å². The maximum Gasteiger partial charge on any atom is 0.281 e. The Kier molecular flexibility index (Phi) is 4.40. The smallest absolute Gasteiger partial charge is 0.261 e. The van der Waals surface area contributed by atoms with Gasteiger partial charge in [0.05, 0.1) is 0 Å². The molecule has 0 spiro atoms. The molecule has 1 heterocycles.